The molecule has 29 heavy (non-hydrogen) atoms. The minimum atomic E-state index is -0.763. The summed E-state index contributed by atoms with van der Waals surface area (Å²) < 4.78 is 22.4. The third-order valence-corrected chi connectivity index (χ3v) is 5.44. The van der Waals surface area contributed by atoms with Crippen LogP contribution in [-0.4, -0.2) is 26.8 Å². The number of halogens is 1. The molecule has 7 heteroatoms. The van der Waals surface area contributed by atoms with Crippen molar-refractivity contribution in [2.75, 3.05) is 4.90 Å². The largest absolute Gasteiger partial charge is 0.476 e. The Balaban J connectivity index is 1.83. The number of anilines is 1. The second-order valence-corrected chi connectivity index (χ2v) is 7.45. The summed E-state index contributed by atoms with van der Waals surface area (Å²) in [5, 5.41) is 4.43. The number of aromatic nitrogens is 3. The minimum Gasteiger partial charge on any atom is -0.476 e. The molecular formula is C22H23FN4O2. The van der Waals surface area contributed by atoms with Gasteiger partial charge in [-0.1, -0.05) is 6.07 Å². The van der Waals surface area contributed by atoms with Gasteiger partial charge in [0, 0.05) is 35.8 Å². The van der Waals surface area contributed by atoms with E-state index in [0.717, 1.165) is 28.2 Å². The van der Waals surface area contributed by atoms with Gasteiger partial charge >= 0.3 is 0 Å². The van der Waals surface area contributed by atoms with Crippen LogP contribution in [0.15, 0.2) is 30.5 Å². The Morgan fingerprint density at radius 2 is 1.93 bits per heavy atom. The second kappa shape index (κ2) is 6.99. The van der Waals surface area contributed by atoms with E-state index in [1.807, 2.05) is 40.0 Å². The Bertz CT molecular complexity index is 1100. The van der Waals surface area contributed by atoms with E-state index in [4.69, 9.17) is 4.74 Å². The van der Waals surface area contributed by atoms with Gasteiger partial charge in [0.2, 0.25) is 0 Å². The second-order valence-electron chi connectivity index (χ2n) is 7.45. The van der Waals surface area contributed by atoms with Gasteiger partial charge in [-0.05, 0) is 51.5 Å². The number of fused-ring (bicyclic) bond motifs is 1. The monoisotopic (exact) mass is 394 g/mol. The van der Waals surface area contributed by atoms with Crippen LogP contribution in [0.1, 0.15) is 29.6 Å². The lowest BCUT2D eigenvalue weighted by molar-refractivity contribution is -0.125. The lowest BCUT2D eigenvalue weighted by Gasteiger charge is -2.33. The van der Waals surface area contributed by atoms with Gasteiger partial charge in [0.25, 0.3) is 5.91 Å². The van der Waals surface area contributed by atoms with E-state index < -0.39 is 11.9 Å². The lowest BCUT2D eigenvalue weighted by Crippen LogP contribution is -2.44. The van der Waals surface area contributed by atoms with E-state index in [2.05, 4.69) is 10.1 Å². The number of carbonyl (C=O) groups is 1. The van der Waals surface area contributed by atoms with Gasteiger partial charge in [0.15, 0.2) is 17.7 Å². The summed E-state index contributed by atoms with van der Waals surface area (Å²) in [7, 11) is 1.87. The van der Waals surface area contributed by atoms with Crippen LogP contribution in [0.4, 0.5) is 10.1 Å². The summed E-state index contributed by atoms with van der Waals surface area (Å²) in [6, 6.07) is 6.97. The van der Waals surface area contributed by atoms with Crippen molar-refractivity contribution in [2.24, 2.45) is 7.05 Å². The zero-order valence-electron chi connectivity index (χ0n) is 17.2. The molecule has 0 radical (unpaired) electrons. The number of carbonyl (C=O) groups excluding carboxylic acids is 1. The molecule has 3 heterocycles. The van der Waals surface area contributed by atoms with Crippen molar-refractivity contribution in [3.63, 3.8) is 0 Å². The molecule has 6 nitrogen and oxygen atoms in total. The predicted molar refractivity (Wildman–Crippen MR) is 108 cm³/mol. The molecule has 2 aromatic heterocycles. The zero-order chi connectivity index (χ0) is 20.9. The van der Waals surface area contributed by atoms with Crippen molar-refractivity contribution < 1.29 is 13.9 Å². The Labute approximate surface area is 168 Å². The number of rotatable bonds is 3. The Morgan fingerprint density at radius 3 is 2.55 bits per heavy atom. The van der Waals surface area contributed by atoms with Gasteiger partial charge in [0.1, 0.15) is 0 Å². The molecule has 0 fully saturated rings. The fourth-order valence-electron chi connectivity index (χ4n) is 3.63. The van der Waals surface area contributed by atoms with E-state index in [-0.39, 0.29) is 11.7 Å². The van der Waals surface area contributed by atoms with Crippen molar-refractivity contribution in [2.45, 2.75) is 40.3 Å². The van der Waals surface area contributed by atoms with Gasteiger partial charge in [-0.2, -0.15) is 5.10 Å². The molecule has 4 rings (SSSR count). The van der Waals surface area contributed by atoms with Gasteiger partial charge in [-0.15, -0.1) is 0 Å². The molecular weight excluding hydrogens is 371 g/mol. The molecule has 0 saturated heterocycles. The molecule has 0 N–H and O–H groups in total. The van der Waals surface area contributed by atoms with Crippen LogP contribution < -0.4 is 9.64 Å². The predicted octanol–water partition coefficient (Wildman–Crippen LogP) is 3.86. The van der Waals surface area contributed by atoms with Gasteiger partial charge in [-0.3, -0.25) is 14.5 Å². The van der Waals surface area contributed by atoms with Crippen molar-refractivity contribution in [1.82, 2.24) is 14.8 Å². The van der Waals surface area contributed by atoms with E-state index in [1.54, 1.807) is 28.8 Å². The fourth-order valence-corrected chi connectivity index (χ4v) is 3.63. The normalized spacial score (nSPS) is 16.0. The third-order valence-electron chi connectivity index (χ3n) is 5.44. The average Bonchev–Trinajstić information content (AvgIpc) is 2.92. The maximum atomic E-state index is 15.0. The molecule has 1 aliphatic heterocycles. The molecule has 0 aliphatic carbocycles. The highest BCUT2D eigenvalue weighted by Gasteiger charge is 2.35. The summed E-state index contributed by atoms with van der Waals surface area (Å²) in [6.45, 7) is 7.70. The Hall–Kier alpha value is -3.22. The summed E-state index contributed by atoms with van der Waals surface area (Å²) in [5.41, 5.74) is 5.48. The summed E-state index contributed by atoms with van der Waals surface area (Å²) in [4.78, 5) is 18.8. The highest BCUT2D eigenvalue weighted by molar-refractivity contribution is 6.00. The van der Waals surface area contributed by atoms with E-state index in [0.29, 0.717) is 17.8 Å². The molecule has 0 unspecified atom stereocenters. The van der Waals surface area contributed by atoms with Crippen LogP contribution in [-0.2, 0) is 18.4 Å². The van der Waals surface area contributed by atoms with Gasteiger partial charge < -0.3 is 9.64 Å². The van der Waals surface area contributed by atoms with Crippen molar-refractivity contribution in [1.29, 1.82) is 0 Å². The average molecular weight is 394 g/mol. The van der Waals surface area contributed by atoms with Crippen LogP contribution in [0, 0.1) is 26.6 Å². The van der Waals surface area contributed by atoms with E-state index in [1.165, 1.54) is 6.07 Å². The summed E-state index contributed by atoms with van der Waals surface area (Å²) in [5.74, 6) is -0.610. The van der Waals surface area contributed by atoms with Crippen LogP contribution >= 0.6 is 0 Å². The first-order chi connectivity index (χ1) is 13.8. The zero-order valence-corrected chi connectivity index (χ0v) is 17.2. The molecule has 0 bridgehead atoms. The SMILES string of the molecule is Cc1ccc(-c2cc(F)c3c(c2)N(Cc2c(C)nn(C)c2C)C(=O)[C@@H](C)O3)cn1. The van der Waals surface area contributed by atoms with Crippen molar-refractivity contribution in [3.8, 4) is 16.9 Å². The maximum absolute atomic E-state index is 15.0. The number of aryl methyl sites for hydroxylation is 3. The number of hydrogen-bond donors (Lipinski definition) is 0. The fraction of sp³-hybridized carbons (Fsp3) is 0.318. The minimum absolute atomic E-state index is 0.0973. The number of nitrogens with zero attached hydrogens (tertiary/aromatic N) is 4. The summed E-state index contributed by atoms with van der Waals surface area (Å²) >= 11 is 0. The molecule has 1 aliphatic rings. The molecule has 1 aromatic carbocycles. The standard InChI is InChI=1S/C22H23FN4O2/c1-12-6-7-16(10-24-12)17-8-19(23)21-20(9-17)27(22(28)15(4)29-21)11-18-13(2)25-26(5)14(18)3/h6-10,15H,11H2,1-5H3/t15-/m1/s1. The van der Waals surface area contributed by atoms with Crippen LogP contribution in [0.2, 0.25) is 0 Å². The molecule has 0 saturated carbocycles. The molecule has 1 amide bonds. The van der Waals surface area contributed by atoms with Crippen LogP contribution in [0.5, 0.6) is 5.75 Å². The van der Waals surface area contributed by atoms with Crippen molar-refractivity contribution >= 4 is 11.6 Å². The highest BCUT2D eigenvalue weighted by Crippen LogP contribution is 2.41. The first kappa shape index (κ1) is 19.1. The molecule has 3 aromatic rings. The molecule has 1 atom stereocenters. The highest BCUT2D eigenvalue weighted by atomic mass is 19.1. The van der Waals surface area contributed by atoms with Crippen molar-refractivity contribution in [3.05, 3.63) is 58.9 Å². The van der Waals surface area contributed by atoms with Crippen LogP contribution in [0.3, 0.4) is 0 Å². The summed E-state index contributed by atoms with van der Waals surface area (Å²) in [6.07, 6.45) is 0.936. The number of ether oxygens (including phenoxy) is 1. The first-order valence-corrected chi connectivity index (χ1v) is 9.50. The number of hydrogen-bond acceptors (Lipinski definition) is 4. The van der Waals surface area contributed by atoms with Gasteiger partial charge in [-0.25, -0.2) is 4.39 Å². The maximum Gasteiger partial charge on any atom is 0.268 e. The quantitative estimate of drug-likeness (QED) is 0.677. The van der Waals surface area contributed by atoms with E-state index >= 15 is 0 Å². The Kier molecular flexibility index (Phi) is 4.61. The first-order valence-electron chi connectivity index (χ1n) is 9.50. The van der Waals surface area contributed by atoms with E-state index in [9.17, 15) is 9.18 Å². The molecule has 0 spiro atoms. The number of benzene rings is 1. The lowest BCUT2D eigenvalue weighted by atomic mass is 10.0. The van der Waals surface area contributed by atoms with Crippen LogP contribution in [0.25, 0.3) is 11.1 Å². The number of amides is 1. The van der Waals surface area contributed by atoms with Gasteiger partial charge in [0.05, 0.1) is 17.9 Å². The topological polar surface area (TPSA) is 60.2 Å². The molecule has 150 valence electrons. The smallest absolute Gasteiger partial charge is 0.268 e. The number of pyridine rings is 1. The Morgan fingerprint density at radius 1 is 1.17 bits per heavy atom. The third kappa shape index (κ3) is 3.26.